The van der Waals surface area contributed by atoms with Crippen LogP contribution in [-0.4, -0.2) is 58.6 Å². The second kappa shape index (κ2) is 13.7. The summed E-state index contributed by atoms with van der Waals surface area (Å²) in [5.41, 5.74) is 0. The minimum atomic E-state index is -2.68. The van der Waals surface area contributed by atoms with Crippen LogP contribution in [-0.2, 0) is 18.3 Å². The van der Waals surface area contributed by atoms with Crippen molar-refractivity contribution in [2.45, 2.75) is 129 Å². The minimum Gasteiger partial charge on any atom is -0.413 e. The first-order valence-corrected chi connectivity index (χ1v) is 20.6. The number of hydrogen-bond acceptors (Lipinski definition) is 5. The Morgan fingerprint density at radius 1 is 0.837 bits per heavy atom. The molecule has 0 saturated carbocycles. The number of hydrogen-bond donors (Lipinski definition) is 1. The standard InChI is InChI=1S/C36H56O5Si2/c1-27(28(2)41-42(11,12)34(3,4)5)23-24-31(37)33-32(39-36(9,10)40-33)25-26-38-43(35(6,7)8,29-19-15-13-16-20-29)30-21-17-14-18-22-30/h13-22,27-28,31-33,37H,25-26H2,1-12H3/t27-,28+,31?,32+,33-/m1/s1. The molecule has 0 aliphatic carbocycles. The lowest BCUT2D eigenvalue weighted by atomic mass is 10.0. The van der Waals surface area contributed by atoms with Gasteiger partial charge in [-0.1, -0.05) is 114 Å². The van der Waals surface area contributed by atoms with Gasteiger partial charge >= 0.3 is 0 Å². The molecule has 1 aliphatic heterocycles. The van der Waals surface area contributed by atoms with Gasteiger partial charge in [-0.3, -0.25) is 0 Å². The maximum Gasteiger partial charge on any atom is 0.261 e. The predicted octanol–water partition coefficient (Wildman–Crippen LogP) is 6.88. The molecule has 1 aliphatic rings. The van der Waals surface area contributed by atoms with E-state index in [1.165, 1.54) is 10.4 Å². The average Bonchev–Trinajstić information content (AvgIpc) is 3.23. The molecule has 0 spiro atoms. The van der Waals surface area contributed by atoms with Gasteiger partial charge in [-0.15, -0.1) is 0 Å². The fourth-order valence-corrected chi connectivity index (χ4v) is 11.7. The maximum absolute atomic E-state index is 11.2. The first kappa shape index (κ1) is 35.7. The molecule has 5 nitrogen and oxygen atoms in total. The Balaban J connectivity index is 1.79. The summed E-state index contributed by atoms with van der Waals surface area (Å²) in [6.45, 7) is 26.4. The SMILES string of the molecule is C[C@H](C#CC(O)[C@H]1OC(C)(C)O[C@H]1CCO[Si](c1ccccc1)(c1ccccc1)C(C)(C)C)[C@H](C)O[Si](C)(C)C(C)(C)C. The fraction of sp³-hybridized carbons (Fsp3) is 0.611. The van der Waals surface area contributed by atoms with E-state index in [-0.39, 0.29) is 28.2 Å². The van der Waals surface area contributed by atoms with Crippen LogP contribution in [0.15, 0.2) is 60.7 Å². The summed E-state index contributed by atoms with van der Waals surface area (Å²) >= 11 is 0. The Kier molecular flexibility index (Phi) is 11.4. The van der Waals surface area contributed by atoms with E-state index in [9.17, 15) is 5.11 Å². The highest BCUT2D eigenvalue weighted by molar-refractivity contribution is 6.99. The van der Waals surface area contributed by atoms with Gasteiger partial charge < -0.3 is 23.4 Å². The van der Waals surface area contributed by atoms with Gasteiger partial charge in [0.2, 0.25) is 0 Å². The lowest BCUT2D eigenvalue weighted by Crippen LogP contribution is -2.66. The molecule has 43 heavy (non-hydrogen) atoms. The second-order valence-electron chi connectivity index (χ2n) is 15.0. The highest BCUT2D eigenvalue weighted by atomic mass is 28.4. The summed E-state index contributed by atoms with van der Waals surface area (Å²) in [6.07, 6.45) is -1.36. The van der Waals surface area contributed by atoms with Crippen LogP contribution in [0.2, 0.25) is 23.2 Å². The quantitative estimate of drug-likeness (QED) is 0.231. The van der Waals surface area contributed by atoms with E-state index in [1.54, 1.807) is 0 Å². The molecule has 238 valence electrons. The Hall–Kier alpha value is -1.77. The molecule has 0 bridgehead atoms. The van der Waals surface area contributed by atoms with Crippen molar-refractivity contribution in [3.8, 4) is 11.8 Å². The summed E-state index contributed by atoms with van der Waals surface area (Å²) in [6, 6.07) is 21.3. The van der Waals surface area contributed by atoms with Crippen LogP contribution in [0.1, 0.15) is 75.7 Å². The third-order valence-electron chi connectivity index (χ3n) is 9.12. The Labute approximate surface area is 263 Å². The molecular formula is C36H56O5Si2. The van der Waals surface area contributed by atoms with Gasteiger partial charge in [-0.05, 0) is 67.7 Å². The summed E-state index contributed by atoms with van der Waals surface area (Å²) in [5.74, 6) is 5.49. The van der Waals surface area contributed by atoms with Gasteiger partial charge in [0, 0.05) is 12.5 Å². The third kappa shape index (κ3) is 8.49. The number of aliphatic hydroxyl groups excluding tert-OH is 1. The van der Waals surface area contributed by atoms with Crippen LogP contribution >= 0.6 is 0 Å². The number of rotatable bonds is 10. The maximum atomic E-state index is 11.2. The molecule has 0 amide bonds. The summed E-state index contributed by atoms with van der Waals surface area (Å²) < 4.78 is 26.2. The van der Waals surface area contributed by atoms with Crippen LogP contribution in [0.25, 0.3) is 0 Å². The largest absolute Gasteiger partial charge is 0.413 e. The Bertz CT molecular complexity index is 1180. The molecule has 1 heterocycles. The van der Waals surface area contributed by atoms with Crippen molar-refractivity contribution >= 4 is 27.0 Å². The monoisotopic (exact) mass is 624 g/mol. The van der Waals surface area contributed by atoms with Crippen LogP contribution in [0, 0.1) is 17.8 Å². The lowest BCUT2D eigenvalue weighted by Gasteiger charge is -2.43. The number of aliphatic hydroxyl groups is 1. The van der Waals surface area contributed by atoms with Crippen LogP contribution < -0.4 is 10.4 Å². The molecule has 2 aromatic rings. The Morgan fingerprint density at radius 3 is 1.81 bits per heavy atom. The predicted molar refractivity (Wildman–Crippen MR) is 183 cm³/mol. The highest BCUT2D eigenvalue weighted by Crippen LogP contribution is 2.39. The smallest absolute Gasteiger partial charge is 0.261 e. The first-order valence-electron chi connectivity index (χ1n) is 15.8. The highest BCUT2D eigenvalue weighted by Gasteiger charge is 2.51. The van der Waals surface area contributed by atoms with E-state index in [2.05, 4.69) is 141 Å². The van der Waals surface area contributed by atoms with Gasteiger partial charge in [0.15, 0.2) is 14.1 Å². The van der Waals surface area contributed by atoms with E-state index in [0.717, 1.165) is 0 Å². The average molecular weight is 625 g/mol. The fourth-order valence-electron chi connectivity index (χ4n) is 5.60. The topological polar surface area (TPSA) is 57.2 Å². The number of benzene rings is 2. The van der Waals surface area contributed by atoms with Crippen molar-refractivity contribution in [2.75, 3.05) is 6.61 Å². The number of ether oxygens (including phenoxy) is 2. The molecule has 1 saturated heterocycles. The molecule has 1 N–H and O–H groups in total. The van der Waals surface area contributed by atoms with E-state index in [1.807, 2.05) is 13.8 Å². The third-order valence-corrected chi connectivity index (χ3v) is 18.7. The van der Waals surface area contributed by atoms with Gasteiger partial charge in [-0.2, -0.15) is 0 Å². The van der Waals surface area contributed by atoms with Gasteiger partial charge in [0.05, 0.1) is 12.2 Å². The summed E-state index contributed by atoms with van der Waals surface area (Å²) in [4.78, 5) is 0. The van der Waals surface area contributed by atoms with Crippen molar-refractivity contribution in [3.63, 3.8) is 0 Å². The first-order chi connectivity index (χ1) is 19.8. The van der Waals surface area contributed by atoms with Crippen molar-refractivity contribution < 1.29 is 23.4 Å². The molecule has 7 heteroatoms. The van der Waals surface area contributed by atoms with Gasteiger partial charge in [0.25, 0.3) is 8.32 Å². The van der Waals surface area contributed by atoms with Crippen molar-refractivity contribution in [1.82, 2.24) is 0 Å². The molecule has 1 fully saturated rings. The summed E-state index contributed by atoms with van der Waals surface area (Å²) in [5, 5.41) is 13.7. The molecule has 1 unspecified atom stereocenters. The molecule has 0 radical (unpaired) electrons. The van der Waals surface area contributed by atoms with Crippen molar-refractivity contribution in [2.24, 2.45) is 5.92 Å². The zero-order valence-electron chi connectivity index (χ0n) is 28.7. The zero-order valence-corrected chi connectivity index (χ0v) is 30.7. The van der Waals surface area contributed by atoms with Crippen molar-refractivity contribution in [1.29, 1.82) is 0 Å². The van der Waals surface area contributed by atoms with Crippen molar-refractivity contribution in [3.05, 3.63) is 60.7 Å². The van der Waals surface area contributed by atoms with Crippen LogP contribution in [0.4, 0.5) is 0 Å². The lowest BCUT2D eigenvalue weighted by molar-refractivity contribution is -0.152. The van der Waals surface area contributed by atoms with E-state index < -0.39 is 34.6 Å². The van der Waals surface area contributed by atoms with Gasteiger partial charge in [0.1, 0.15) is 12.2 Å². The summed E-state index contributed by atoms with van der Waals surface area (Å²) in [7, 11) is -4.60. The molecule has 0 aromatic heterocycles. The molecule has 2 aromatic carbocycles. The molecule has 3 rings (SSSR count). The minimum absolute atomic E-state index is 0.0314. The van der Waals surface area contributed by atoms with E-state index in [0.29, 0.717) is 13.0 Å². The van der Waals surface area contributed by atoms with Crippen LogP contribution in [0.5, 0.6) is 0 Å². The second-order valence-corrected chi connectivity index (χ2v) is 24.1. The zero-order chi connectivity index (χ0) is 32.3. The van der Waals surface area contributed by atoms with Crippen LogP contribution in [0.3, 0.4) is 0 Å². The molecular weight excluding hydrogens is 569 g/mol. The van der Waals surface area contributed by atoms with E-state index >= 15 is 0 Å². The molecule has 5 atom stereocenters. The van der Waals surface area contributed by atoms with Gasteiger partial charge in [-0.25, -0.2) is 0 Å². The Morgan fingerprint density at radius 2 is 1.35 bits per heavy atom. The van der Waals surface area contributed by atoms with E-state index in [4.69, 9.17) is 18.3 Å². The normalized spacial score (nSPS) is 21.5.